The Morgan fingerprint density at radius 2 is 1.74 bits per heavy atom. The summed E-state index contributed by atoms with van der Waals surface area (Å²) in [5.74, 6) is 1.10. The van der Waals surface area contributed by atoms with Gasteiger partial charge in [-0.25, -0.2) is 4.98 Å². The van der Waals surface area contributed by atoms with Gasteiger partial charge in [0.15, 0.2) is 0 Å². The van der Waals surface area contributed by atoms with Crippen LogP contribution in [0, 0.1) is 12.8 Å². The highest BCUT2D eigenvalue weighted by molar-refractivity contribution is 5.94. The van der Waals surface area contributed by atoms with Gasteiger partial charge in [-0.15, -0.1) is 0 Å². The Kier molecular flexibility index (Phi) is 7.43. The lowest BCUT2D eigenvalue weighted by molar-refractivity contribution is 0.0605. The van der Waals surface area contributed by atoms with Crippen LogP contribution in [0.25, 0.3) is 11.0 Å². The number of benzene rings is 3. The van der Waals surface area contributed by atoms with Crippen molar-refractivity contribution in [2.75, 3.05) is 13.1 Å². The number of fused-ring (bicyclic) bond motifs is 1. The van der Waals surface area contributed by atoms with Gasteiger partial charge in [0, 0.05) is 18.7 Å². The topological polar surface area (TPSA) is 64.2 Å². The highest BCUT2D eigenvalue weighted by Crippen LogP contribution is 2.33. The predicted octanol–water partition coefficient (Wildman–Crippen LogP) is 5.58. The summed E-state index contributed by atoms with van der Waals surface area (Å²) in [4.78, 5) is 20.9. The van der Waals surface area contributed by atoms with E-state index in [4.69, 9.17) is 10.7 Å². The Morgan fingerprint density at radius 3 is 2.44 bits per heavy atom. The van der Waals surface area contributed by atoms with Crippen molar-refractivity contribution < 1.29 is 4.79 Å². The van der Waals surface area contributed by atoms with Crippen molar-refractivity contribution in [2.24, 2.45) is 11.7 Å². The third kappa shape index (κ3) is 5.05. The number of carbonyl (C=O) groups excluding carboxylic acids is 1. The van der Waals surface area contributed by atoms with Crippen LogP contribution >= 0.6 is 0 Å². The fourth-order valence-electron chi connectivity index (χ4n) is 4.62. The van der Waals surface area contributed by atoms with Crippen molar-refractivity contribution in [3.63, 3.8) is 0 Å². The molecule has 0 bridgehead atoms. The molecule has 1 unspecified atom stereocenters. The first-order valence-corrected chi connectivity index (χ1v) is 12.1. The lowest BCUT2D eigenvalue weighted by atomic mass is 9.99. The molecule has 0 radical (unpaired) electrons. The fourth-order valence-corrected chi connectivity index (χ4v) is 4.62. The minimum Gasteiger partial charge on any atom is -0.330 e. The molecule has 1 aromatic heterocycles. The zero-order valence-corrected chi connectivity index (χ0v) is 20.3. The van der Waals surface area contributed by atoms with E-state index in [9.17, 15) is 4.79 Å². The van der Waals surface area contributed by atoms with Crippen molar-refractivity contribution in [3.8, 4) is 0 Å². The quantitative estimate of drug-likeness (QED) is 0.359. The molecule has 5 heteroatoms. The van der Waals surface area contributed by atoms with Crippen LogP contribution in [0.3, 0.4) is 0 Å². The standard InChI is InChI=1S/C29H34N4O/c1-21(2)27(32(18-10-17-30)29(34)24-14-9-11-22(3)19-24)28-31-25-15-7-8-16-26(25)33(28)20-23-12-5-4-6-13-23/h4-9,11-16,19,21,27H,10,17-18,20,30H2,1-3H3. The number of nitrogens with two attached hydrogens (primary N) is 1. The zero-order chi connectivity index (χ0) is 24.1. The molecule has 1 heterocycles. The Morgan fingerprint density at radius 1 is 1.00 bits per heavy atom. The smallest absolute Gasteiger partial charge is 0.254 e. The Balaban J connectivity index is 1.84. The number of amides is 1. The van der Waals surface area contributed by atoms with Crippen molar-refractivity contribution >= 4 is 16.9 Å². The molecule has 0 saturated heterocycles. The number of nitrogens with zero attached hydrogens (tertiary/aromatic N) is 3. The molecular weight excluding hydrogens is 420 g/mol. The van der Waals surface area contributed by atoms with E-state index < -0.39 is 0 Å². The van der Waals surface area contributed by atoms with Crippen LogP contribution < -0.4 is 5.73 Å². The van der Waals surface area contributed by atoms with Crippen LogP contribution in [0.4, 0.5) is 0 Å². The number of aromatic nitrogens is 2. The Bertz CT molecular complexity index is 1250. The van der Waals surface area contributed by atoms with Gasteiger partial charge in [-0.1, -0.05) is 74.0 Å². The molecule has 0 aliphatic heterocycles. The first-order chi connectivity index (χ1) is 16.5. The fraction of sp³-hybridized carbons (Fsp3) is 0.310. The highest BCUT2D eigenvalue weighted by Gasteiger charge is 2.32. The first-order valence-electron chi connectivity index (χ1n) is 12.1. The number of imidazole rings is 1. The molecule has 0 fully saturated rings. The molecule has 1 atom stereocenters. The summed E-state index contributed by atoms with van der Waals surface area (Å²) in [5, 5.41) is 0. The molecule has 1 amide bonds. The molecule has 0 aliphatic carbocycles. The summed E-state index contributed by atoms with van der Waals surface area (Å²) in [5.41, 5.74) is 10.9. The number of aryl methyl sites for hydroxylation is 1. The van der Waals surface area contributed by atoms with Gasteiger partial charge in [0.2, 0.25) is 0 Å². The van der Waals surface area contributed by atoms with E-state index >= 15 is 0 Å². The number of rotatable bonds is 9. The molecule has 5 nitrogen and oxygen atoms in total. The second kappa shape index (κ2) is 10.7. The molecule has 3 aromatic carbocycles. The largest absolute Gasteiger partial charge is 0.330 e. The number of hydrogen-bond donors (Lipinski definition) is 1. The van der Waals surface area contributed by atoms with Crippen molar-refractivity contribution in [3.05, 3.63) is 101 Å². The van der Waals surface area contributed by atoms with E-state index in [0.29, 0.717) is 25.2 Å². The second-order valence-electron chi connectivity index (χ2n) is 9.23. The minimum absolute atomic E-state index is 0.0224. The summed E-state index contributed by atoms with van der Waals surface area (Å²) in [6.45, 7) is 8.15. The van der Waals surface area contributed by atoms with Gasteiger partial charge in [0.05, 0.1) is 17.1 Å². The summed E-state index contributed by atoms with van der Waals surface area (Å²) in [6.07, 6.45) is 0.736. The first kappa shape index (κ1) is 23.7. The van der Waals surface area contributed by atoms with Gasteiger partial charge in [0.1, 0.15) is 5.82 Å². The zero-order valence-electron chi connectivity index (χ0n) is 20.3. The average Bonchev–Trinajstić information content (AvgIpc) is 3.19. The molecule has 4 rings (SSSR count). The maximum Gasteiger partial charge on any atom is 0.254 e. The van der Waals surface area contributed by atoms with Gasteiger partial charge in [-0.3, -0.25) is 4.79 Å². The molecule has 34 heavy (non-hydrogen) atoms. The molecular formula is C29H34N4O. The van der Waals surface area contributed by atoms with E-state index in [1.807, 2.05) is 60.4 Å². The summed E-state index contributed by atoms with van der Waals surface area (Å²) in [6, 6.07) is 26.3. The molecule has 4 aromatic rings. The second-order valence-corrected chi connectivity index (χ2v) is 9.23. The third-order valence-corrected chi connectivity index (χ3v) is 6.23. The van der Waals surface area contributed by atoms with Crippen LogP contribution in [0.5, 0.6) is 0 Å². The summed E-state index contributed by atoms with van der Waals surface area (Å²) in [7, 11) is 0. The molecule has 0 aliphatic rings. The van der Waals surface area contributed by atoms with Gasteiger partial charge < -0.3 is 15.2 Å². The van der Waals surface area contributed by atoms with E-state index in [2.05, 4.69) is 48.7 Å². The normalized spacial score (nSPS) is 12.3. The van der Waals surface area contributed by atoms with E-state index in [1.165, 1.54) is 5.56 Å². The van der Waals surface area contributed by atoms with Crippen LogP contribution in [-0.4, -0.2) is 33.4 Å². The Labute approximate surface area is 202 Å². The SMILES string of the molecule is Cc1cccc(C(=O)N(CCCN)C(c2nc3ccccc3n2Cc2ccccc2)C(C)C)c1. The van der Waals surface area contributed by atoms with Crippen LogP contribution in [0.1, 0.15) is 53.6 Å². The van der Waals surface area contributed by atoms with Crippen molar-refractivity contribution in [1.29, 1.82) is 0 Å². The number of carbonyl (C=O) groups is 1. The summed E-state index contributed by atoms with van der Waals surface area (Å²) < 4.78 is 2.27. The number of hydrogen-bond acceptors (Lipinski definition) is 3. The van der Waals surface area contributed by atoms with Gasteiger partial charge in [-0.2, -0.15) is 0 Å². The van der Waals surface area contributed by atoms with Gasteiger partial charge >= 0.3 is 0 Å². The van der Waals surface area contributed by atoms with Crippen LogP contribution in [0.15, 0.2) is 78.9 Å². The molecule has 2 N–H and O–H groups in total. The monoisotopic (exact) mass is 454 g/mol. The van der Waals surface area contributed by atoms with E-state index in [0.717, 1.165) is 28.8 Å². The minimum atomic E-state index is -0.185. The van der Waals surface area contributed by atoms with E-state index in [1.54, 1.807) is 0 Å². The van der Waals surface area contributed by atoms with Crippen molar-refractivity contribution in [2.45, 2.75) is 39.8 Å². The number of para-hydroxylation sites is 2. The maximum absolute atomic E-state index is 13.9. The molecule has 0 saturated carbocycles. The van der Waals surface area contributed by atoms with Gasteiger partial charge in [-0.05, 0) is 55.6 Å². The molecule has 0 spiro atoms. The van der Waals surface area contributed by atoms with E-state index in [-0.39, 0.29) is 17.9 Å². The van der Waals surface area contributed by atoms with Crippen LogP contribution in [0.2, 0.25) is 0 Å². The average molecular weight is 455 g/mol. The van der Waals surface area contributed by atoms with Crippen molar-refractivity contribution in [1.82, 2.24) is 14.5 Å². The lowest BCUT2D eigenvalue weighted by Gasteiger charge is -2.35. The van der Waals surface area contributed by atoms with Crippen LogP contribution in [-0.2, 0) is 6.54 Å². The highest BCUT2D eigenvalue weighted by atomic mass is 16.2. The maximum atomic E-state index is 13.9. The van der Waals surface area contributed by atoms with Gasteiger partial charge in [0.25, 0.3) is 5.91 Å². The lowest BCUT2D eigenvalue weighted by Crippen LogP contribution is -2.40. The Hall–Kier alpha value is -3.44. The third-order valence-electron chi connectivity index (χ3n) is 6.23. The predicted molar refractivity (Wildman–Crippen MR) is 139 cm³/mol. The molecule has 176 valence electrons. The summed E-state index contributed by atoms with van der Waals surface area (Å²) >= 11 is 0.